The highest BCUT2D eigenvalue weighted by Gasteiger charge is 2.24. The van der Waals surface area contributed by atoms with Gasteiger partial charge in [0.1, 0.15) is 12.4 Å². The fraction of sp³-hybridized carbons (Fsp3) is 0.400. The third-order valence-electron chi connectivity index (χ3n) is 4.38. The molecule has 0 amide bonds. The number of rotatable bonds is 4. The fourth-order valence-corrected chi connectivity index (χ4v) is 3.14. The summed E-state index contributed by atoms with van der Waals surface area (Å²) in [5.41, 5.74) is 4.26. The molecule has 2 unspecified atom stereocenters. The van der Waals surface area contributed by atoms with Crippen LogP contribution < -0.4 is 10.1 Å². The molecule has 0 aromatic heterocycles. The van der Waals surface area contributed by atoms with Gasteiger partial charge in [0, 0.05) is 6.04 Å². The van der Waals surface area contributed by atoms with Gasteiger partial charge < -0.3 is 10.1 Å². The molecule has 0 spiro atoms. The average molecular weight is 295 g/mol. The summed E-state index contributed by atoms with van der Waals surface area (Å²) >= 11 is 0. The van der Waals surface area contributed by atoms with E-state index >= 15 is 0 Å². The van der Waals surface area contributed by atoms with Crippen molar-refractivity contribution in [2.45, 2.75) is 45.2 Å². The molecule has 2 aromatic rings. The van der Waals surface area contributed by atoms with Gasteiger partial charge in [0.25, 0.3) is 0 Å². The van der Waals surface area contributed by atoms with Crippen LogP contribution in [0, 0.1) is 0 Å². The molecule has 0 fully saturated rings. The third-order valence-corrected chi connectivity index (χ3v) is 4.38. The van der Waals surface area contributed by atoms with Crippen molar-refractivity contribution >= 4 is 0 Å². The second kappa shape index (κ2) is 6.53. The molecule has 116 valence electrons. The van der Waals surface area contributed by atoms with Crippen molar-refractivity contribution < 1.29 is 4.74 Å². The first-order chi connectivity index (χ1) is 10.6. The molecular formula is C20H25NO. The molecule has 1 aliphatic heterocycles. The lowest BCUT2D eigenvalue weighted by molar-refractivity contribution is 0.247. The van der Waals surface area contributed by atoms with Crippen LogP contribution >= 0.6 is 0 Å². The molecule has 3 rings (SSSR count). The summed E-state index contributed by atoms with van der Waals surface area (Å²) in [4.78, 5) is 0. The number of benzene rings is 2. The molecule has 2 aromatic carbocycles. The smallest absolute Gasteiger partial charge is 0.119 e. The monoisotopic (exact) mass is 295 g/mol. The van der Waals surface area contributed by atoms with Gasteiger partial charge >= 0.3 is 0 Å². The number of para-hydroxylation sites is 1. The largest absolute Gasteiger partial charge is 0.492 e. The van der Waals surface area contributed by atoms with Gasteiger partial charge in [0.2, 0.25) is 0 Å². The lowest BCUT2D eigenvalue weighted by Gasteiger charge is -2.32. The van der Waals surface area contributed by atoms with Gasteiger partial charge in [0.05, 0.1) is 6.04 Å². The van der Waals surface area contributed by atoms with E-state index in [0.717, 1.165) is 12.2 Å². The number of hydrogen-bond donors (Lipinski definition) is 1. The van der Waals surface area contributed by atoms with Gasteiger partial charge in [-0.2, -0.15) is 0 Å². The normalized spacial score (nSPS) is 20.7. The van der Waals surface area contributed by atoms with E-state index in [-0.39, 0.29) is 6.04 Å². The highest BCUT2D eigenvalue weighted by atomic mass is 16.5. The van der Waals surface area contributed by atoms with E-state index in [1.807, 2.05) is 30.3 Å². The predicted molar refractivity (Wildman–Crippen MR) is 91.5 cm³/mol. The fourth-order valence-electron chi connectivity index (χ4n) is 3.14. The molecule has 1 heterocycles. The van der Waals surface area contributed by atoms with E-state index in [9.17, 15) is 0 Å². The van der Waals surface area contributed by atoms with Crippen LogP contribution in [0.1, 0.15) is 49.4 Å². The Hall–Kier alpha value is -1.80. The lowest BCUT2D eigenvalue weighted by atomic mass is 9.87. The molecule has 2 heteroatoms. The van der Waals surface area contributed by atoms with Gasteiger partial charge in [-0.1, -0.05) is 50.2 Å². The first-order valence-corrected chi connectivity index (χ1v) is 8.20. The van der Waals surface area contributed by atoms with Crippen molar-refractivity contribution in [3.63, 3.8) is 0 Å². The second-order valence-electron chi connectivity index (χ2n) is 6.56. The van der Waals surface area contributed by atoms with Crippen LogP contribution in [0.2, 0.25) is 0 Å². The van der Waals surface area contributed by atoms with E-state index in [0.29, 0.717) is 18.6 Å². The van der Waals surface area contributed by atoms with Gasteiger partial charge in [-0.15, -0.1) is 0 Å². The Morgan fingerprint density at radius 1 is 1.14 bits per heavy atom. The Kier molecular flexibility index (Phi) is 4.49. The average Bonchev–Trinajstić information content (AvgIpc) is 2.53. The van der Waals surface area contributed by atoms with E-state index < -0.39 is 0 Å². The van der Waals surface area contributed by atoms with Gasteiger partial charge in [-0.25, -0.2) is 0 Å². The van der Waals surface area contributed by atoms with E-state index in [1.54, 1.807) is 0 Å². The number of hydrogen-bond acceptors (Lipinski definition) is 2. The summed E-state index contributed by atoms with van der Waals surface area (Å²) in [7, 11) is 0. The molecule has 0 saturated carbocycles. The predicted octanol–water partition coefficient (Wildman–Crippen LogP) is 4.46. The van der Waals surface area contributed by atoms with Crippen molar-refractivity contribution in [1.29, 1.82) is 0 Å². The molecule has 0 saturated heterocycles. The molecule has 2 nitrogen and oxygen atoms in total. The van der Waals surface area contributed by atoms with Crippen LogP contribution in [-0.2, 0) is 6.42 Å². The molecule has 1 N–H and O–H groups in total. The van der Waals surface area contributed by atoms with Crippen molar-refractivity contribution in [2.24, 2.45) is 0 Å². The zero-order chi connectivity index (χ0) is 15.5. The zero-order valence-corrected chi connectivity index (χ0v) is 13.7. The maximum absolute atomic E-state index is 5.99. The van der Waals surface area contributed by atoms with Crippen molar-refractivity contribution in [2.75, 3.05) is 6.61 Å². The topological polar surface area (TPSA) is 21.3 Å². The number of fused-ring (bicyclic) bond motifs is 1. The van der Waals surface area contributed by atoms with E-state index in [1.165, 1.54) is 16.7 Å². The SMILES string of the molecule is CC1Cc2ccc(C(C)C)cc2C(COc2ccccc2)N1. The van der Waals surface area contributed by atoms with E-state index in [4.69, 9.17) is 4.74 Å². The van der Waals surface area contributed by atoms with Crippen LogP contribution in [0.15, 0.2) is 48.5 Å². The molecule has 1 aliphatic rings. The quantitative estimate of drug-likeness (QED) is 0.899. The molecule has 2 atom stereocenters. The van der Waals surface area contributed by atoms with Crippen LogP contribution in [0.25, 0.3) is 0 Å². The van der Waals surface area contributed by atoms with Crippen LogP contribution in [0.3, 0.4) is 0 Å². The highest BCUT2D eigenvalue weighted by Crippen LogP contribution is 2.29. The van der Waals surface area contributed by atoms with Crippen molar-refractivity contribution in [3.05, 3.63) is 65.2 Å². The molecule has 0 bridgehead atoms. The maximum Gasteiger partial charge on any atom is 0.119 e. The molecule has 0 aliphatic carbocycles. The molecular weight excluding hydrogens is 270 g/mol. The minimum absolute atomic E-state index is 0.262. The molecule has 0 radical (unpaired) electrons. The Bertz CT molecular complexity index is 621. The van der Waals surface area contributed by atoms with Crippen LogP contribution in [0.4, 0.5) is 0 Å². The highest BCUT2D eigenvalue weighted by molar-refractivity contribution is 5.38. The summed E-state index contributed by atoms with van der Waals surface area (Å²) in [6, 6.07) is 17.7. The minimum atomic E-state index is 0.262. The summed E-state index contributed by atoms with van der Waals surface area (Å²) < 4.78 is 5.99. The number of ether oxygens (including phenoxy) is 1. The van der Waals surface area contributed by atoms with Crippen molar-refractivity contribution in [3.8, 4) is 5.75 Å². The first kappa shape index (κ1) is 15.1. The summed E-state index contributed by atoms with van der Waals surface area (Å²) in [5, 5.41) is 3.68. The van der Waals surface area contributed by atoms with Gasteiger partial charge in [-0.3, -0.25) is 0 Å². The first-order valence-electron chi connectivity index (χ1n) is 8.20. The zero-order valence-electron chi connectivity index (χ0n) is 13.7. The second-order valence-corrected chi connectivity index (χ2v) is 6.56. The minimum Gasteiger partial charge on any atom is -0.492 e. The summed E-state index contributed by atoms with van der Waals surface area (Å²) in [6.45, 7) is 7.41. The Labute approximate surface area is 133 Å². The van der Waals surface area contributed by atoms with Gasteiger partial charge in [0.15, 0.2) is 0 Å². The third kappa shape index (κ3) is 3.33. The summed E-state index contributed by atoms with van der Waals surface area (Å²) in [6.07, 6.45) is 1.09. The number of nitrogens with one attached hydrogen (secondary N) is 1. The lowest BCUT2D eigenvalue weighted by Crippen LogP contribution is -2.40. The van der Waals surface area contributed by atoms with Crippen LogP contribution in [0.5, 0.6) is 5.75 Å². The maximum atomic E-state index is 5.99. The van der Waals surface area contributed by atoms with E-state index in [2.05, 4.69) is 44.3 Å². The molecule has 22 heavy (non-hydrogen) atoms. The standard InChI is InChI=1S/C20H25NO/c1-14(2)16-9-10-17-11-15(3)21-20(19(17)12-16)13-22-18-7-5-4-6-8-18/h4-10,12,14-15,20-21H,11,13H2,1-3H3. The Morgan fingerprint density at radius 3 is 2.64 bits per heavy atom. The Morgan fingerprint density at radius 2 is 1.91 bits per heavy atom. The van der Waals surface area contributed by atoms with Crippen molar-refractivity contribution in [1.82, 2.24) is 5.32 Å². The van der Waals surface area contributed by atoms with Crippen LogP contribution in [-0.4, -0.2) is 12.6 Å². The summed E-state index contributed by atoms with van der Waals surface area (Å²) in [5.74, 6) is 1.49. The van der Waals surface area contributed by atoms with Gasteiger partial charge in [-0.05, 0) is 48.1 Å². The Balaban J connectivity index is 1.81.